The van der Waals surface area contributed by atoms with Crippen molar-refractivity contribution in [1.82, 2.24) is 0 Å². The second-order valence-corrected chi connectivity index (χ2v) is 3.87. The summed E-state index contributed by atoms with van der Waals surface area (Å²) in [6.45, 7) is 0. The van der Waals surface area contributed by atoms with Crippen molar-refractivity contribution in [2.45, 2.75) is 0 Å². The normalized spacial score (nSPS) is 11.7. The molecule has 18 heavy (non-hydrogen) atoms. The molecule has 88 valence electrons. The zero-order chi connectivity index (χ0) is 12.6. The fourth-order valence-corrected chi connectivity index (χ4v) is 1.73. The van der Waals surface area contributed by atoms with Crippen molar-refractivity contribution in [1.29, 1.82) is 0 Å². The standard InChI is InChI=1S/C17H14O/c18-13-7-12-17(16-10-5-2-6-11-16)14-15-8-3-1-4-9-15/h1-14H/b12-7+,17-14+. The third-order valence-corrected chi connectivity index (χ3v) is 2.58. The molecule has 2 aromatic carbocycles. The first-order valence-electron chi connectivity index (χ1n) is 5.84. The molecule has 0 radical (unpaired) electrons. The van der Waals surface area contributed by atoms with Crippen LogP contribution in [-0.4, -0.2) is 6.29 Å². The molecule has 0 fully saturated rings. The lowest BCUT2D eigenvalue weighted by Crippen LogP contribution is -1.81. The van der Waals surface area contributed by atoms with Crippen molar-refractivity contribution < 1.29 is 4.79 Å². The van der Waals surface area contributed by atoms with Gasteiger partial charge < -0.3 is 0 Å². The third kappa shape index (κ3) is 3.29. The van der Waals surface area contributed by atoms with E-state index in [1.165, 1.54) is 6.08 Å². The van der Waals surface area contributed by atoms with Crippen LogP contribution in [0.3, 0.4) is 0 Å². The molecule has 1 heteroatoms. The van der Waals surface area contributed by atoms with E-state index in [1.807, 2.05) is 66.7 Å². The Hall–Kier alpha value is -2.41. The van der Waals surface area contributed by atoms with Crippen LogP contribution in [0.1, 0.15) is 11.1 Å². The average molecular weight is 234 g/mol. The summed E-state index contributed by atoms with van der Waals surface area (Å²) >= 11 is 0. The Morgan fingerprint density at radius 3 is 2.06 bits per heavy atom. The van der Waals surface area contributed by atoms with Crippen LogP contribution in [0, 0.1) is 0 Å². The minimum Gasteiger partial charge on any atom is -0.299 e. The highest BCUT2D eigenvalue weighted by Crippen LogP contribution is 2.19. The van der Waals surface area contributed by atoms with Gasteiger partial charge in [0, 0.05) is 0 Å². The van der Waals surface area contributed by atoms with Crippen molar-refractivity contribution in [3.63, 3.8) is 0 Å². The molecule has 0 aromatic heterocycles. The first-order chi connectivity index (χ1) is 8.90. The minimum absolute atomic E-state index is 0.793. The topological polar surface area (TPSA) is 17.1 Å². The van der Waals surface area contributed by atoms with Gasteiger partial charge in [0.15, 0.2) is 0 Å². The highest BCUT2D eigenvalue weighted by atomic mass is 16.1. The number of allylic oxidation sites excluding steroid dienone is 3. The van der Waals surface area contributed by atoms with Gasteiger partial charge in [-0.2, -0.15) is 0 Å². The molecule has 0 unspecified atom stereocenters. The fourth-order valence-electron chi connectivity index (χ4n) is 1.73. The van der Waals surface area contributed by atoms with Crippen molar-refractivity contribution in [3.05, 3.63) is 83.9 Å². The Morgan fingerprint density at radius 1 is 0.833 bits per heavy atom. The zero-order valence-electron chi connectivity index (χ0n) is 9.99. The molecular weight excluding hydrogens is 220 g/mol. The van der Waals surface area contributed by atoms with Crippen LogP contribution in [0.4, 0.5) is 0 Å². The summed E-state index contributed by atoms with van der Waals surface area (Å²) < 4.78 is 0. The Bertz CT molecular complexity index is 551. The lowest BCUT2D eigenvalue weighted by Gasteiger charge is -2.02. The quantitative estimate of drug-likeness (QED) is 0.338. The summed E-state index contributed by atoms with van der Waals surface area (Å²) in [6.07, 6.45) is 6.20. The van der Waals surface area contributed by atoms with Crippen LogP contribution < -0.4 is 0 Å². The average Bonchev–Trinajstić information content (AvgIpc) is 2.45. The molecule has 0 aliphatic heterocycles. The van der Waals surface area contributed by atoms with Gasteiger partial charge in [-0.3, -0.25) is 4.79 Å². The van der Waals surface area contributed by atoms with Crippen LogP contribution in [0.15, 0.2) is 72.8 Å². The molecule has 0 N–H and O–H groups in total. The predicted molar refractivity (Wildman–Crippen MR) is 76.0 cm³/mol. The van der Waals surface area contributed by atoms with Gasteiger partial charge in [-0.05, 0) is 28.9 Å². The summed E-state index contributed by atoms with van der Waals surface area (Å²) in [5.41, 5.74) is 3.24. The maximum absolute atomic E-state index is 10.5. The molecule has 0 atom stereocenters. The smallest absolute Gasteiger partial charge is 0.142 e. The van der Waals surface area contributed by atoms with Gasteiger partial charge in [0.2, 0.25) is 0 Å². The number of aldehydes is 1. The number of hydrogen-bond donors (Lipinski definition) is 0. The van der Waals surface area contributed by atoms with Crippen molar-refractivity contribution in [2.75, 3.05) is 0 Å². The Morgan fingerprint density at radius 2 is 1.44 bits per heavy atom. The van der Waals surface area contributed by atoms with Gasteiger partial charge in [0.25, 0.3) is 0 Å². The number of benzene rings is 2. The van der Waals surface area contributed by atoms with E-state index in [1.54, 1.807) is 0 Å². The number of carbonyl (C=O) groups excluding carboxylic acids is 1. The van der Waals surface area contributed by atoms with Crippen molar-refractivity contribution >= 4 is 17.9 Å². The van der Waals surface area contributed by atoms with E-state index in [0.717, 1.165) is 23.0 Å². The summed E-state index contributed by atoms with van der Waals surface area (Å²) in [4.78, 5) is 10.5. The maximum Gasteiger partial charge on any atom is 0.142 e. The number of rotatable bonds is 4. The summed E-state index contributed by atoms with van der Waals surface area (Å²) in [7, 11) is 0. The van der Waals surface area contributed by atoms with Crippen LogP contribution in [0.2, 0.25) is 0 Å². The summed E-state index contributed by atoms with van der Waals surface area (Å²) in [5, 5.41) is 0. The lowest BCUT2D eigenvalue weighted by atomic mass is 10.0. The van der Waals surface area contributed by atoms with Crippen molar-refractivity contribution in [3.8, 4) is 0 Å². The van der Waals surface area contributed by atoms with Crippen LogP contribution in [0.5, 0.6) is 0 Å². The zero-order valence-corrected chi connectivity index (χ0v) is 9.99. The molecule has 0 bridgehead atoms. The lowest BCUT2D eigenvalue weighted by molar-refractivity contribution is -0.104. The monoisotopic (exact) mass is 234 g/mol. The molecule has 0 amide bonds. The van der Waals surface area contributed by atoms with Gasteiger partial charge in [0.05, 0.1) is 0 Å². The van der Waals surface area contributed by atoms with E-state index >= 15 is 0 Å². The highest BCUT2D eigenvalue weighted by Gasteiger charge is 1.97. The molecule has 0 heterocycles. The minimum atomic E-state index is 0.793. The SMILES string of the molecule is O=C/C=C/C(=C\c1ccccc1)c1ccccc1. The molecular formula is C17H14O. The molecule has 0 aliphatic rings. The number of carbonyl (C=O) groups is 1. The van der Waals surface area contributed by atoms with Crippen LogP contribution in [-0.2, 0) is 4.79 Å². The largest absolute Gasteiger partial charge is 0.299 e. The first-order valence-corrected chi connectivity index (χ1v) is 5.84. The fraction of sp³-hybridized carbons (Fsp3) is 0. The molecule has 2 aromatic rings. The van der Waals surface area contributed by atoms with Gasteiger partial charge in [0.1, 0.15) is 6.29 Å². The summed E-state index contributed by atoms with van der Waals surface area (Å²) in [5.74, 6) is 0. The Kier molecular flexibility index (Phi) is 4.26. The van der Waals surface area contributed by atoms with Gasteiger partial charge in [-0.1, -0.05) is 66.7 Å². The molecule has 0 saturated heterocycles. The Labute approximate surface area is 107 Å². The van der Waals surface area contributed by atoms with Gasteiger partial charge in [-0.15, -0.1) is 0 Å². The molecule has 0 spiro atoms. The first kappa shape index (κ1) is 12.1. The second kappa shape index (κ2) is 6.36. The van der Waals surface area contributed by atoms with Crippen LogP contribution >= 0.6 is 0 Å². The molecule has 0 aliphatic carbocycles. The van der Waals surface area contributed by atoms with Gasteiger partial charge >= 0.3 is 0 Å². The maximum atomic E-state index is 10.5. The molecule has 2 rings (SSSR count). The van der Waals surface area contributed by atoms with E-state index in [9.17, 15) is 4.79 Å². The van der Waals surface area contributed by atoms with E-state index in [2.05, 4.69) is 6.08 Å². The Balaban J connectivity index is 2.40. The second-order valence-electron chi connectivity index (χ2n) is 3.87. The number of hydrogen-bond acceptors (Lipinski definition) is 1. The predicted octanol–water partition coefficient (Wildman–Crippen LogP) is 3.98. The van der Waals surface area contributed by atoms with E-state index in [0.29, 0.717) is 0 Å². The van der Waals surface area contributed by atoms with Gasteiger partial charge in [-0.25, -0.2) is 0 Å². The summed E-state index contributed by atoms with van der Waals surface area (Å²) in [6, 6.07) is 20.1. The van der Waals surface area contributed by atoms with Crippen molar-refractivity contribution in [2.24, 2.45) is 0 Å². The highest BCUT2D eigenvalue weighted by molar-refractivity contribution is 5.89. The third-order valence-electron chi connectivity index (χ3n) is 2.58. The van der Waals surface area contributed by atoms with E-state index in [4.69, 9.17) is 0 Å². The van der Waals surface area contributed by atoms with E-state index < -0.39 is 0 Å². The van der Waals surface area contributed by atoms with E-state index in [-0.39, 0.29) is 0 Å². The van der Waals surface area contributed by atoms with Crippen LogP contribution in [0.25, 0.3) is 11.6 Å². The molecule has 1 nitrogen and oxygen atoms in total. The molecule has 0 saturated carbocycles.